The zero-order chi connectivity index (χ0) is 14.6. The number of fused-ring (bicyclic) bond motifs is 1. The quantitative estimate of drug-likeness (QED) is 0.841. The van der Waals surface area contributed by atoms with E-state index in [0.717, 1.165) is 11.3 Å². The van der Waals surface area contributed by atoms with Gasteiger partial charge < -0.3 is 14.8 Å². The van der Waals surface area contributed by atoms with Gasteiger partial charge in [-0.3, -0.25) is 0 Å². The van der Waals surface area contributed by atoms with Gasteiger partial charge in [0.1, 0.15) is 11.7 Å². The molecule has 0 fully saturated rings. The van der Waals surface area contributed by atoms with Gasteiger partial charge in [0.15, 0.2) is 0 Å². The van der Waals surface area contributed by atoms with E-state index >= 15 is 0 Å². The van der Waals surface area contributed by atoms with Crippen molar-refractivity contribution >= 4 is 17.4 Å². The zero-order valence-corrected chi connectivity index (χ0v) is 12.4. The Hall–Kier alpha value is -1.55. The molecule has 0 saturated heterocycles. The topological polar surface area (TPSA) is 73.3 Å². The maximum absolute atomic E-state index is 10.1. The molecular weight excluding hydrogens is 272 g/mol. The molecule has 2 rings (SSSR count). The van der Waals surface area contributed by atoms with Crippen molar-refractivity contribution in [1.29, 1.82) is 5.26 Å². The first-order valence-electron chi connectivity index (χ1n) is 6.34. The lowest BCUT2D eigenvalue weighted by Crippen LogP contribution is -2.39. The summed E-state index contributed by atoms with van der Waals surface area (Å²) in [5.74, 6) is 0.686. The molecule has 2 N–H and O–H groups in total. The number of hydrogen-bond donors (Lipinski definition) is 2. The van der Waals surface area contributed by atoms with Crippen molar-refractivity contribution in [2.24, 2.45) is 0 Å². The van der Waals surface area contributed by atoms with E-state index in [-0.39, 0.29) is 0 Å². The van der Waals surface area contributed by atoms with E-state index in [4.69, 9.17) is 5.26 Å². The largest absolute Gasteiger partial charge is 0.388 e. The maximum Gasteiger partial charge on any atom is 0.137 e. The van der Waals surface area contributed by atoms with Gasteiger partial charge in [0.25, 0.3) is 0 Å². The Morgan fingerprint density at radius 3 is 3.05 bits per heavy atom. The molecule has 1 atom stereocenters. The number of imidazole rings is 1. The van der Waals surface area contributed by atoms with Gasteiger partial charge in [-0.25, -0.2) is 4.98 Å². The number of thioether (sulfide) groups is 1. The molecule has 1 unspecified atom stereocenters. The molecule has 0 radical (unpaired) electrons. The average Bonchev–Trinajstić information content (AvgIpc) is 2.81. The number of nitrogens with one attached hydrogen (secondary N) is 1. The first-order chi connectivity index (χ1) is 9.55. The third-order valence-corrected chi connectivity index (χ3v) is 3.89. The second-order valence-electron chi connectivity index (χ2n) is 5.04. The molecule has 5 nitrogen and oxygen atoms in total. The smallest absolute Gasteiger partial charge is 0.137 e. The van der Waals surface area contributed by atoms with E-state index in [1.54, 1.807) is 30.2 Å². The summed E-state index contributed by atoms with van der Waals surface area (Å²) >= 11 is 1.62. The highest BCUT2D eigenvalue weighted by Crippen LogP contribution is 2.11. The van der Waals surface area contributed by atoms with Crippen LogP contribution in [-0.2, 0) is 6.54 Å². The minimum atomic E-state index is -0.724. The third-order valence-electron chi connectivity index (χ3n) is 2.98. The predicted octanol–water partition coefficient (Wildman–Crippen LogP) is 1.41. The molecule has 0 spiro atoms. The zero-order valence-electron chi connectivity index (χ0n) is 11.6. The fourth-order valence-corrected chi connectivity index (χ4v) is 2.77. The van der Waals surface area contributed by atoms with Crippen molar-refractivity contribution in [2.75, 3.05) is 18.6 Å². The molecule has 2 aromatic heterocycles. The molecule has 2 aromatic rings. The first kappa shape index (κ1) is 14.9. The minimum absolute atomic E-state index is 0.513. The Morgan fingerprint density at radius 1 is 1.55 bits per heavy atom. The lowest BCUT2D eigenvalue weighted by molar-refractivity contribution is 0.0845. The number of rotatable bonds is 6. The van der Waals surface area contributed by atoms with Gasteiger partial charge in [-0.1, -0.05) is 0 Å². The van der Waals surface area contributed by atoms with Crippen LogP contribution in [0, 0.1) is 11.3 Å². The van der Waals surface area contributed by atoms with E-state index in [1.807, 2.05) is 23.6 Å². The molecule has 0 aromatic carbocycles. The Balaban J connectivity index is 2.05. The summed E-state index contributed by atoms with van der Waals surface area (Å²) in [4.78, 5) is 4.29. The van der Waals surface area contributed by atoms with Crippen LogP contribution in [0.2, 0.25) is 0 Å². The second-order valence-corrected chi connectivity index (χ2v) is 5.91. The van der Waals surface area contributed by atoms with Crippen molar-refractivity contribution in [2.45, 2.75) is 19.1 Å². The van der Waals surface area contributed by atoms with E-state index in [9.17, 15) is 5.11 Å². The van der Waals surface area contributed by atoms with Gasteiger partial charge in [-0.15, -0.1) is 0 Å². The van der Waals surface area contributed by atoms with Crippen molar-refractivity contribution in [3.05, 3.63) is 35.8 Å². The van der Waals surface area contributed by atoms with Gasteiger partial charge in [-0.05, 0) is 25.3 Å². The Bertz CT molecular complexity index is 630. The molecule has 0 aliphatic carbocycles. The van der Waals surface area contributed by atoms with Crippen molar-refractivity contribution < 1.29 is 5.11 Å². The van der Waals surface area contributed by atoms with Crippen LogP contribution in [0.15, 0.2) is 24.5 Å². The van der Waals surface area contributed by atoms with Crippen LogP contribution in [0.1, 0.15) is 18.2 Å². The van der Waals surface area contributed by atoms with Gasteiger partial charge in [0, 0.05) is 25.0 Å². The van der Waals surface area contributed by atoms with Crippen LogP contribution in [0.5, 0.6) is 0 Å². The molecule has 20 heavy (non-hydrogen) atoms. The summed E-state index contributed by atoms with van der Waals surface area (Å²) in [7, 11) is 0. The van der Waals surface area contributed by atoms with Crippen LogP contribution >= 0.6 is 11.8 Å². The fourth-order valence-electron chi connectivity index (χ4n) is 2.05. The van der Waals surface area contributed by atoms with Crippen molar-refractivity contribution in [3.63, 3.8) is 0 Å². The minimum Gasteiger partial charge on any atom is -0.388 e. The Morgan fingerprint density at radius 2 is 2.35 bits per heavy atom. The van der Waals surface area contributed by atoms with E-state index in [0.29, 0.717) is 24.4 Å². The second kappa shape index (κ2) is 6.27. The normalized spacial score (nSPS) is 14.1. The summed E-state index contributed by atoms with van der Waals surface area (Å²) in [6.07, 6.45) is 5.54. The number of hydrogen-bond acceptors (Lipinski definition) is 5. The summed E-state index contributed by atoms with van der Waals surface area (Å²) in [5.41, 5.74) is 1.66. The van der Waals surface area contributed by atoms with Crippen molar-refractivity contribution in [3.8, 4) is 6.07 Å². The highest BCUT2D eigenvalue weighted by molar-refractivity contribution is 7.98. The van der Waals surface area contributed by atoms with E-state index < -0.39 is 5.60 Å². The summed E-state index contributed by atoms with van der Waals surface area (Å²) in [5, 5.41) is 22.3. The highest BCUT2D eigenvalue weighted by Gasteiger charge is 2.18. The molecule has 6 heteroatoms. The predicted molar refractivity (Wildman–Crippen MR) is 80.6 cm³/mol. The monoisotopic (exact) mass is 290 g/mol. The van der Waals surface area contributed by atoms with Gasteiger partial charge in [0.2, 0.25) is 0 Å². The van der Waals surface area contributed by atoms with Crippen LogP contribution in [0.25, 0.3) is 5.65 Å². The SMILES string of the molecule is CSCC(C)(O)CNCc1cnc2ccc(C#N)cn12. The lowest BCUT2D eigenvalue weighted by atomic mass is 10.1. The molecule has 2 heterocycles. The summed E-state index contributed by atoms with van der Waals surface area (Å²) in [6.45, 7) is 2.93. The standard InChI is InChI=1S/C14H18N4OS/c1-14(19,10-20-2)9-16-6-12-7-17-13-4-3-11(5-15)8-18(12)13/h3-4,7-8,16,19H,6,9-10H2,1-2H3. The third kappa shape index (κ3) is 3.51. The molecule has 0 aliphatic heterocycles. The first-order valence-corrected chi connectivity index (χ1v) is 7.73. The molecule has 106 valence electrons. The van der Waals surface area contributed by atoms with Gasteiger partial charge >= 0.3 is 0 Å². The van der Waals surface area contributed by atoms with E-state index in [1.165, 1.54) is 0 Å². The van der Waals surface area contributed by atoms with E-state index in [2.05, 4.69) is 16.4 Å². The molecule has 0 amide bonds. The van der Waals surface area contributed by atoms with Crippen LogP contribution in [0.3, 0.4) is 0 Å². The number of nitriles is 1. The molecule has 0 saturated carbocycles. The number of nitrogens with zero attached hydrogens (tertiary/aromatic N) is 3. The Labute approximate surface area is 122 Å². The number of aromatic nitrogens is 2. The van der Waals surface area contributed by atoms with Crippen molar-refractivity contribution in [1.82, 2.24) is 14.7 Å². The fraction of sp³-hybridized carbons (Fsp3) is 0.429. The highest BCUT2D eigenvalue weighted by atomic mass is 32.2. The van der Waals surface area contributed by atoms with Crippen LogP contribution in [-0.4, -0.2) is 38.6 Å². The van der Waals surface area contributed by atoms with Gasteiger partial charge in [0.05, 0.1) is 23.1 Å². The number of aliphatic hydroxyl groups is 1. The maximum atomic E-state index is 10.1. The summed E-state index contributed by atoms with van der Waals surface area (Å²) < 4.78 is 1.90. The van der Waals surface area contributed by atoms with Gasteiger partial charge in [-0.2, -0.15) is 17.0 Å². The molecular formula is C14H18N4OS. The summed E-state index contributed by atoms with van der Waals surface area (Å²) in [6, 6.07) is 5.70. The average molecular weight is 290 g/mol. The van der Waals surface area contributed by atoms with Crippen LogP contribution in [0.4, 0.5) is 0 Å². The molecule has 0 bridgehead atoms. The lowest BCUT2D eigenvalue weighted by Gasteiger charge is -2.22. The molecule has 0 aliphatic rings. The van der Waals surface area contributed by atoms with Crippen LogP contribution < -0.4 is 5.32 Å². The Kier molecular flexibility index (Phi) is 4.65. The number of pyridine rings is 1.